The van der Waals surface area contributed by atoms with Crippen LogP contribution in [-0.4, -0.2) is 32.9 Å². The summed E-state index contributed by atoms with van der Waals surface area (Å²) in [7, 11) is -2.73. The predicted octanol–water partition coefficient (Wildman–Crippen LogP) is -0.243. The molecule has 9 nitrogen and oxygen atoms in total. The number of nitrogens with two attached hydrogens (primary N) is 1. The number of primary sulfonamides is 1. The van der Waals surface area contributed by atoms with Crippen LogP contribution in [0, 0.1) is 10.1 Å². The van der Waals surface area contributed by atoms with E-state index in [9.17, 15) is 23.3 Å². The Kier molecular flexibility index (Phi) is 5.00. The molecule has 0 radical (unpaired) electrons. The molecule has 0 aliphatic heterocycles. The second-order valence-electron chi connectivity index (χ2n) is 3.70. The number of non-ortho nitro benzene ring substituents is 1. The number of benzene rings is 1. The average molecular weight is 303 g/mol. The van der Waals surface area contributed by atoms with Crippen molar-refractivity contribution < 1.29 is 22.9 Å². The smallest absolute Gasteiger partial charge is 0.271 e. The fourth-order valence-corrected chi connectivity index (χ4v) is 2.02. The number of sulfonamides is 1. The number of amides is 1. The fourth-order valence-electron chi connectivity index (χ4n) is 1.33. The number of nitro benzene ring substituents is 1. The highest BCUT2D eigenvalue weighted by Crippen LogP contribution is 2.27. The molecule has 0 bridgehead atoms. The van der Waals surface area contributed by atoms with Gasteiger partial charge < -0.3 is 10.1 Å². The van der Waals surface area contributed by atoms with Gasteiger partial charge in [0.05, 0.1) is 18.0 Å². The maximum absolute atomic E-state index is 11.4. The molecule has 0 aliphatic carbocycles. The van der Waals surface area contributed by atoms with E-state index in [4.69, 9.17) is 9.88 Å². The summed E-state index contributed by atoms with van der Waals surface area (Å²) < 4.78 is 27.9. The summed E-state index contributed by atoms with van der Waals surface area (Å²) in [5, 5.41) is 18.0. The van der Waals surface area contributed by atoms with Crippen LogP contribution in [0.3, 0.4) is 0 Å². The third-order valence-corrected chi connectivity index (χ3v) is 3.24. The van der Waals surface area contributed by atoms with Gasteiger partial charge in [-0.2, -0.15) is 0 Å². The lowest BCUT2D eigenvalue weighted by atomic mass is 10.3. The number of hydrogen-bond donors (Lipinski definition) is 2. The summed E-state index contributed by atoms with van der Waals surface area (Å²) in [5.41, 5.74) is -0.423. The summed E-state index contributed by atoms with van der Waals surface area (Å²) in [5.74, 6) is -0.425. The van der Waals surface area contributed by atoms with E-state index in [1.54, 1.807) is 0 Å². The lowest BCUT2D eigenvalue weighted by molar-refractivity contribution is -0.385. The number of carbonyl (C=O) groups excluding carboxylic acids is 1. The first-order valence-electron chi connectivity index (χ1n) is 5.40. The maximum Gasteiger partial charge on any atom is 0.271 e. The molecule has 10 heteroatoms. The molecule has 3 N–H and O–H groups in total. The van der Waals surface area contributed by atoms with Gasteiger partial charge in [-0.05, 0) is 6.07 Å². The topological polar surface area (TPSA) is 142 Å². The molecule has 1 aromatic rings. The second-order valence-corrected chi connectivity index (χ2v) is 5.23. The van der Waals surface area contributed by atoms with E-state index in [0.717, 1.165) is 18.2 Å². The molecule has 0 saturated heterocycles. The number of nitro groups is 1. The van der Waals surface area contributed by atoms with E-state index >= 15 is 0 Å². The highest BCUT2D eigenvalue weighted by Gasteiger charge is 2.20. The molecule has 1 aromatic carbocycles. The lowest BCUT2D eigenvalue weighted by Crippen LogP contribution is -2.20. The van der Waals surface area contributed by atoms with Crippen LogP contribution in [-0.2, 0) is 14.8 Å². The van der Waals surface area contributed by atoms with Gasteiger partial charge in [-0.1, -0.05) is 0 Å². The van der Waals surface area contributed by atoms with E-state index in [0.29, 0.717) is 0 Å². The molecular formula is C10H13N3O6S. The normalized spacial score (nSPS) is 10.9. The van der Waals surface area contributed by atoms with Gasteiger partial charge in [-0.15, -0.1) is 0 Å². The number of nitrogens with zero attached hydrogens (tertiary/aromatic N) is 1. The molecule has 1 rings (SSSR count). The van der Waals surface area contributed by atoms with Crippen LogP contribution in [0.15, 0.2) is 23.1 Å². The molecule has 1 amide bonds. The van der Waals surface area contributed by atoms with Crippen molar-refractivity contribution in [1.29, 1.82) is 0 Å². The highest BCUT2D eigenvalue weighted by atomic mass is 32.2. The van der Waals surface area contributed by atoms with Crippen LogP contribution in [0.4, 0.5) is 5.69 Å². The summed E-state index contributed by atoms with van der Waals surface area (Å²) >= 11 is 0. The zero-order valence-electron chi connectivity index (χ0n) is 10.5. The summed E-state index contributed by atoms with van der Waals surface area (Å²) in [6, 6.07) is 3.02. The van der Waals surface area contributed by atoms with E-state index in [1.165, 1.54) is 7.05 Å². The summed E-state index contributed by atoms with van der Waals surface area (Å²) in [4.78, 5) is 20.4. The minimum Gasteiger partial charge on any atom is -0.492 e. The SMILES string of the molecule is CNC(=O)CCOc1ccc([N+](=O)[O-])cc1S(N)(=O)=O. The van der Waals surface area contributed by atoms with Gasteiger partial charge in [0, 0.05) is 19.2 Å². The molecule has 0 heterocycles. The molecule has 0 saturated carbocycles. The van der Waals surface area contributed by atoms with Crippen molar-refractivity contribution in [2.45, 2.75) is 11.3 Å². The van der Waals surface area contributed by atoms with Gasteiger partial charge >= 0.3 is 0 Å². The minimum absolute atomic E-state index is 0.0115. The number of hydrogen-bond acceptors (Lipinski definition) is 6. The molecule has 0 aromatic heterocycles. The van der Waals surface area contributed by atoms with Gasteiger partial charge in [0.15, 0.2) is 0 Å². The zero-order chi connectivity index (χ0) is 15.3. The number of ether oxygens (including phenoxy) is 1. The number of nitrogens with one attached hydrogen (secondary N) is 1. The maximum atomic E-state index is 11.4. The van der Waals surface area contributed by atoms with Crippen molar-refractivity contribution in [3.63, 3.8) is 0 Å². The van der Waals surface area contributed by atoms with Crippen molar-refractivity contribution in [3.05, 3.63) is 28.3 Å². The Hall–Kier alpha value is -2.20. The molecule has 0 spiro atoms. The monoisotopic (exact) mass is 303 g/mol. The third kappa shape index (κ3) is 4.17. The average Bonchev–Trinajstić information content (AvgIpc) is 2.37. The Morgan fingerprint density at radius 1 is 1.50 bits per heavy atom. The van der Waals surface area contributed by atoms with Crippen LogP contribution in [0.2, 0.25) is 0 Å². The molecule has 110 valence electrons. The van der Waals surface area contributed by atoms with E-state index in [-0.39, 0.29) is 24.7 Å². The molecule has 0 atom stereocenters. The summed E-state index contributed by atoms with van der Waals surface area (Å²) in [6.07, 6.45) is 0.0115. The van der Waals surface area contributed by atoms with Crippen LogP contribution >= 0.6 is 0 Å². The summed E-state index contributed by atoms with van der Waals surface area (Å²) in [6.45, 7) is -0.0833. The van der Waals surface area contributed by atoms with Gasteiger partial charge in [0.1, 0.15) is 10.6 Å². The highest BCUT2D eigenvalue weighted by molar-refractivity contribution is 7.89. The Morgan fingerprint density at radius 3 is 2.65 bits per heavy atom. The first kappa shape index (κ1) is 15.9. The Balaban J connectivity index is 3.01. The van der Waals surface area contributed by atoms with E-state index < -0.39 is 25.5 Å². The van der Waals surface area contributed by atoms with Gasteiger partial charge in [0.25, 0.3) is 5.69 Å². The molecule has 0 aliphatic rings. The van der Waals surface area contributed by atoms with Crippen molar-refractivity contribution in [1.82, 2.24) is 5.32 Å². The van der Waals surface area contributed by atoms with Crippen LogP contribution in [0.1, 0.15) is 6.42 Å². The van der Waals surface area contributed by atoms with Crippen molar-refractivity contribution in [2.75, 3.05) is 13.7 Å². The number of rotatable bonds is 6. The van der Waals surface area contributed by atoms with Gasteiger partial charge in [-0.25, -0.2) is 13.6 Å². The first-order chi connectivity index (χ1) is 9.25. The Bertz CT molecular complexity index is 628. The Morgan fingerprint density at radius 2 is 2.15 bits per heavy atom. The van der Waals surface area contributed by atoms with Gasteiger partial charge in [0.2, 0.25) is 15.9 Å². The zero-order valence-corrected chi connectivity index (χ0v) is 11.3. The fraction of sp³-hybridized carbons (Fsp3) is 0.300. The van der Waals surface area contributed by atoms with Crippen LogP contribution in [0.25, 0.3) is 0 Å². The molecule has 20 heavy (non-hydrogen) atoms. The van der Waals surface area contributed by atoms with Crippen molar-refractivity contribution in [3.8, 4) is 5.75 Å². The standard InChI is InChI=1S/C10H13N3O6S/c1-12-10(14)4-5-19-8-3-2-7(13(15)16)6-9(8)20(11,17)18/h2-3,6H,4-5H2,1H3,(H,12,14)(H2,11,17,18). The van der Waals surface area contributed by atoms with Crippen molar-refractivity contribution >= 4 is 21.6 Å². The van der Waals surface area contributed by atoms with E-state index in [1.807, 2.05) is 0 Å². The molecule has 0 fully saturated rings. The van der Waals surface area contributed by atoms with E-state index in [2.05, 4.69) is 5.32 Å². The van der Waals surface area contributed by atoms with Gasteiger partial charge in [-0.3, -0.25) is 14.9 Å². The first-order valence-corrected chi connectivity index (χ1v) is 6.95. The Labute approximate surface area is 114 Å². The predicted molar refractivity (Wildman–Crippen MR) is 68.6 cm³/mol. The number of carbonyl (C=O) groups is 1. The second kappa shape index (κ2) is 6.30. The third-order valence-electron chi connectivity index (χ3n) is 2.31. The minimum atomic E-state index is -4.18. The lowest BCUT2D eigenvalue weighted by Gasteiger charge is -2.09. The van der Waals surface area contributed by atoms with Crippen LogP contribution < -0.4 is 15.2 Å². The molecule has 0 unspecified atom stereocenters. The molecular weight excluding hydrogens is 290 g/mol. The largest absolute Gasteiger partial charge is 0.492 e. The van der Waals surface area contributed by atoms with Crippen LogP contribution in [0.5, 0.6) is 5.75 Å². The van der Waals surface area contributed by atoms with Crippen molar-refractivity contribution in [2.24, 2.45) is 5.14 Å². The quantitative estimate of drug-likeness (QED) is 0.548.